The van der Waals surface area contributed by atoms with Gasteiger partial charge in [0.1, 0.15) is 0 Å². The number of aromatic carboxylic acids is 1. The number of benzene rings is 1. The number of amides is 1. The number of carbonyl (C=O) groups excluding carboxylic acids is 1. The Morgan fingerprint density at radius 2 is 2.00 bits per heavy atom. The highest BCUT2D eigenvalue weighted by atomic mass is 32.1. The maximum atomic E-state index is 12.0. The van der Waals surface area contributed by atoms with Gasteiger partial charge in [-0.3, -0.25) is 4.79 Å². The highest BCUT2D eigenvalue weighted by molar-refractivity contribution is 7.09. The largest absolute Gasteiger partial charge is 0.478 e. The maximum absolute atomic E-state index is 12.0. The molecule has 0 saturated heterocycles. The fourth-order valence-corrected chi connectivity index (χ4v) is 2.52. The minimum Gasteiger partial charge on any atom is -0.478 e. The number of nitrogens with zero attached hydrogens (tertiary/aromatic N) is 2. The summed E-state index contributed by atoms with van der Waals surface area (Å²) < 4.78 is 0. The Bertz CT molecular complexity index is 608. The van der Waals surface area contributed by atoms with Crippen LogP contribution in [0.2, 0.25) is 0 Å². The van der Waals surface area contributed by atoms with E-state index in [2.05, 4.69) is 4.98 Å². The van der Waals surface area contributed by atoms with E-state index in [4.69, 9.17) is 5.11 Å². The lowest BCUT2D eigenvalue weighted by atomic mass is 10.1. The summed E-state index contributed by atoms with van der Waals surface area (Å²) in [4.78, 5) is 28.6. The van der Waals surface area contributed by atoms with Crippen LogP contribution in [-0.4, -0.2) is 33.9 Å². The lowest BCUT2D eigenvalue weighted by molar-refractivity contribution is -0.130. The number of carbonyl (C=O) groups is 2. The van der Waals surface area contributed by atoms with E-state index in [1.54, 1.807) is 53.7 Å². The van der Waals surface area contributed by atoms with Crippen molar-refractivity contribution in [3.05, 3.63) is 52.0 Å². The predicted molar refractivity (Wildman–Crippen MR) is 80.3 cm³/mol. The van der Waals surface area contributed by atoms with Gasteiger partial charge in [0.15, 0.2) is 0 Å². The number of rotatable bonds is 6. The van der Waals surface area contributed by atoms with Crippen molar-refractivity contribution in [1.29, 1.82) is 0 Å². The van der Waals surface area contributed by atoms with E-state index < -0.39 is 5.97 Å². The summed E-state index contributed by atoms with van der Waals surface area (Å²) in [6.45, 7) is 0.469. The average Bonchev–Trinajstić information content (AvgIpc) is 2.98. The molecule has 1 heterocycles. The average molecular weight is 304 g/mol. The van der Waals surface area contributed by atoms with Crippen molar-refractivity contribution in [2.24, 2.45) is 0 Å². The third-order valence-electron chi connectivity index (χ3n) is 3.08. The zero-order chi connectivity index (χ0) is 15.2. The molecule has 21 heavy (non-hydrogen) atoms. The topological polar surface area (TPSA) is 70.5 Å². The van der Waals surface area contributed by atoms with Crippen molar-refractivity contribution in [3.8, 4) is 0 Å². The Kier molecular flexibility index (Phi) is 5.05. The van der Waals surface area contributed by atoms with E-state index >= 15 is 0 Å². The molecule has 1 amide bonds. The van der Waals surface area contributed by atoms with Crippen LogP contribution in [-0.2, 0) is 17.8 Å². The molecule has 1 aromatic carbocycles. The molecule has 0 unspecified atom stereocenters. The first-order valence-corrected chi connectivity index (χ1v) is 7.39. The molecule has 2 aromatic rings. The van der Waals surface area contributed by atoms with Crippen molar-refractivity contribution >= 4 is 23.2 Å². The summed E-state index contributed by atoms with van der Waals surface area (Å²) in [5.74, 6) is -0.901. The molecule has 1 aromatic heterocycles. The molecule has 0 saturated carbocycles. The van der Waals surface area contributed by atoms with Gasteiger partial charge in [0, 0.05) is 38.0 Å². The lowest BCUT2D eigenvalue weighted by Gasteiger charge is -2.17. The molecule has 6 heteroatoms. The fraction of sp³-hybridized carbons (Fsp3) is 0.267. The highest BCUT2D eigenvalue weighted by Crippen LogP contribution is 2.10. The molecule has 1 N–H and O–H groups in total. The molecule has 0 spiro atoms. The van der Waals surface area contributed by atoms with Gasteiger partial charge in [-0.25, -0.2) is 9.78 Å². The van der Waals surface area contributed by atoms with Crippen LogP contribution in [0.25, 0.3) is 0 Å². The number of thiazole rings is 1. The van der Waals surface area contributed by atoms with Crippen molar-refractivity contribution < 1.29 is 14.7 Å². The predicted octanol–water partition coefficient (Wildman–Crippen LogP) is 2.43. The zero-order valence-electron chi connectivity index (χ0n) is 11.7. The van der Waals surface area contributed by atoms with Gasteiger partial charge in [0.25, 0.3) is 0 Å². The number of hydrogen-bond donors (Lipinski definition) is 1. The summed E-state index contributed by atoms with van der Waals surface area (Å²) in [6, 6.07) is 6.55. The van der Waals surface area contributed by atoms with Gasteiger partial charge in [-0.1, -0.05) is 12.1 Å². The normalized spacial score (nSPS) is 10.3. The molecule has 110 valence electrons. The Labute approximate surface area is 126 Å². The Hall–Kier alpha value is -2.21. The maximum Gasteiger partial charge on any atom is 0.335 e. The van der Waals surface area contributed by atoms with Gasteiger partial charge >= 0.3 is 5.97 Å². The van der Waals surface area contributed by atoms with Crippen molar-refractivity contribution in [2.75, 3.05) is 7.05 Å². The summed E-state index contributed by atoms with van der Waals surface area (Å²) in [5.41, 5.74) is 1.15. The first-order chi connectivity index (χ1) is 10.1. The van der Waals surface area contributed by atoms with E-state index in [0.29, 0.717) is 19.4 Å². The summed E-state index contributed by atoms with van der Waals surface area (Å²) in [7, 11) is 1.75. The van der Waals surface area contributed by atoms with Crippen LogP contribution in [0.15, 0.2) is 35.8 Å². The Morgan fingerprint density at radius 1 is 1.29 bits per heavy atom. The van der Waals surface area contributed by atoms with Crippen LogP contribution in [0.1, 0.15) is 27.3 Å². The smallest absolute Gasteiger partial charge is 0.335 e. The number of carboxylic acids is 1. The Balaban J connectivity index is 1.86. The second-order valence-corrected chi connectivity index (χ2v) is 5.66. The molecule has 0 aliphatic heterocycles. The van der Waals surface area contributed by atoms with E-state index in [0.717, 1.165) is 10.6 Å². The molecule has 0 fully saturated rings. The zero-order valence-corrected chi connectivity index (χ0v) is 12.5. The Morgan fingerprint density at radius 3 is 2.57 bits per heavy atom. The first kappa shape index (κ1) is 15.2. The third kappa shape index (κ3) is 4.39. The molecule has 5 nitrogen and oxygen atoms in total. The van der Waals surface area contributed by atoms with Crippen molar-refractivity contribution in [1.82, 2.24) is 9.88 Å². The van der Waals surface area contributed by atoms with Crippen LogP contribution < -0.4 is 0 Å². The van der Waals surface area contributed by atoms with E-state index in [1.807, 2.05) is 5.38 Å². The molecular formula is C15H16N2O3S. The van der Waals surface area contributed by atoms with Gasteiger partial charge in [0.2, 0.25) is 5.91 Å². The SMILES string of the molecule is CN(Cc1ccc(C(=O)O)cc1)C(=O)CCc1nccs1. The van der Waals surface area contributed by atoms with E-state index in [-0.39, 0.29) is 11.5 Å². The molecule has 0 atom stereocenters. The minimum atomic E-state index is -0.950. The van der Waals surface area contributed by atoms with Crippen LogP contribution in [0.4, 0.5) is 0 Å². The van der Waals surface area contributed by atoms with Crippen molar-refractivity contribution in [3.63, 3.8) is 0 Å². The molecule has 0 radical (unpaired) electrons. The van der Waals surface area contributed by atoms with Crippen LogP contribution in [0.5, 0.6) is 0 Å². The fourth-order valence-electron chi connectivity index (χ4n) is 1.90. The molecule has 2 rings (SSSR count). The van der Waals surface area contributed by atoms with Crippen molar-refractivity contribution in [2.45, 2.75) is 19.4 Å². The van der Waals surface area contributed by atoms with Crippen LogP contribution >= 0.6 is 11.3 Å². The van der Waals surface area contributed by atoms with Crippen LogP contribution in [0.3, 0.4) is 0 Å². The first-order valence-electron chi connectivity index (χ1n) is 6.51. The van der Waals surface area contributed by atoms with Gasteiger partial charge in [-0.2, -0.15) is 0 Å². The lowest BCUT2D eigenvalue weighted by Crippen LogP contribution is -2.26. The number of aryl methyl sites for hydroxylation is 1. The summed E-state index contributed by atoms with van der Waals surface area (Å²) >= 11 is 1.55. The summed E-state index contributed by atoms with van der Waals surface area (Å²) in [6.07, 6.45) is 2.81. The molecule has 0 aliphatic carbocycles. The molecule has 0 aliphatic rings. The quantitative estimate of drug-likeness (QED) is 0.890. The molecule has 0 bridgehead atoms. The monoisotopic (exact) mass is 304 g/mol. The molecular weight excluding hydrogens is 288 g/mol. The number of aromatic nitrogens is 1. The van der Waals surface area contributed by atoms with Gasteiger partial charge < -0.3 is 10.0 Å². The second kappa shape index (κ2) is 6.99. The third-order valence-corrected chi connectivity index (χ3v) is 3.92. The highest BCUT2D eigenvalue weighted by Gasteiger charge is 2.11. The van der Waals surface area contributed by atoms with Crippen LogP contribution in [0, 0.1) is 0 Å². The minimum absolute atomic E-state index is 0.0486. The number of hydrogen-bond acceptors (Lipinski definition) is 4. The standard InChI is InChI=1S/C15H16N2O3S/c1-17(14(18)7-6-13-16-8-9-21-13)10-11-2-4-12(5-3-11)15(19)20/h2-5,8-9H,6-7,10H2,1H3,(H,19,20). The van der Waals surface area contributed by atoms with Gasteiger partial charge in [0.05, 0.1) is 10.6 Å². The van der Waals surface area contributed by atoms with E-state index in [1.165, 1.54) is 0 Å². The van der Waals surface area contributed by atoms with E-state index in [9.17, 15) is 9.59 Å². The second-order valence-electron chi connectivity index (χ2n) is 4.68. The van der Waals surface area contributed by atoms with Gasteiger partial charge in [-0.15, -0.1) is 11.3 Å². The van der Waals surface area contributed by atoms with Gasteiger partial charge in [-0.05, 0) is 17.7 Å². The summed E-state index contributed by atoms with van der Waals surface area (Å²) in [5, 5.41) is 11.7. The number of carboxylic acid groups (broad SMARTS) is 1.